The van der Waals surface area contributed by atoms with E-state index >= 15 is 0 Å². The molecule has 1 heterocycles. The lowest BCUT2D eigenvalue weighted by Gasteiger charge is -2.12. The topological polar surface area (TPSA) is 57.8 Å². The number of aromatic nitrogens is 1. The molecule has 1 aromatic heterocycles. The molecule has 2 aromatic rings. The molecule has 1 aromatic carbocycles. The van der Waals surface area contributed by atoms with Crippen molar-refractivity contribution in [2.45, 2.75) is 45.6 Å². The van der Waals surface area contributed by atoms with Gasteiger partial charge in [0.2, 0.25) is 0 Å². The Kier molecular flexibility index (Phi) is 5.04. The van der Waals surface area contributed by atoms with E-state index < -0.39 is 0 Å². The third-order valence-electron chi connectivity index (χ3n) is 4.90. The van der Waals surface area contributed by atoms with Crippen LogP contribution in [0.15, 0.2) is 42.1 Å². The second-order valence-corrected chi connectivity index (χ2v) is 6.70. The lowest BCUT2D eigenvalue weighted by Crippen LogP contribution is -2.33. The fraction of sp³-hybridized carbons (Fsp3) is 0.333. The first-order valence-electron chi connectivity index (χ1n) is 8.76. The Labute approximate surface area is 148 Å². The summed E-state index contributed by atoms with van der Waals surface area (Å²) in [6, 6.07) is 12.3. The van der Waals surface area contributed by atoms with Crippen LogP contribution < -0.4 is 5.32 Å². The van der Waals surface area contributed by atoms with Gasteiger partial charge in [-0.15, -0.1) is 0 Å². The number of rotatable bonds is 4. The largest absolute Gasteiger partial charge is 0.349 e. The Morgan fingerprint density at radius 3 is 2.68 bits per heavy atom. The van der Waals surface area contributed by atoms with Crippen molar-refractivity contribution in [3.05, 3.63) is 58.9 Å². The van der Waals surface area contributed by atoms with Gasteiger partial charge in [0, 0.05) is 23.6 Å². The highest BCUT2D eigenvalue weighted by Crippen LogP contribution is 2.20. The number of aryl methyl sites for hydroxylation is 2. The molecule has 1 N–H and O–H groups in total. The third kappa shape index (κ3) is 3.83. The first-order chi connectivity index (χ1) is 12.1. The number of hydrogen-bond donors (Lipinski definition) is 1. The molecule has 4 nitrogen and oxygen atoms in total. The molecule has 0 atom stereocenters. The van der Waals surface area contributed by atoms with E-state index in [0.29, 0.717) is 0 Å². The van der Waals surface area contributed by atoms with Crippen molar-refractivity contribution in [2.75, 3.05) is 0 Å². The van der Waals surface area contributed by atoms with Gasteiger partial charge in [0.1, 0.15) is 11.6 Å². The Bertz CT molecular complexity index is 848. The number of amides is 1. The van der Waals surface area contributed by atoms with Crippen LogP contribution in [0.1, 0.15) is 42.5 Å². The average molecular weight is 333 g/mol. The summed E-state index contributed by atoms with van der Waals surface area (Å²) in [5.74, 6) is -0.276. The van der Waals surface area contributed by atoms with Gasteiger partial charge in [-0.2, -0.15) is 5.26 Å². The van der Waals surface area contributed by atoms with Crippen LogP contribution in [0.5, 0.6) is 0 Å². The summed E-state index contributed by atoms with van der Waals surface area (Å²) in [5.41, 5.74) is 4.44. The van der Waals surface area contributed by atoms with Gasteiger partial charge >= 0.3 is 0 Å². The quantitative estimate of drug-likeness (QED) is 0.677. The third-order valence-corrected chi connectivity index (χ3v) is 4.90. The standard InChI is InChI=1S/C21H23N3O/c1-15-9-10-20(12-16(15)2)24-11-5-8-19(24)13-17(14-22)21(25)23-18-6-3-4-7-18/h5,8-13,18H,3-4,6-7H2,1-2H3,(H,23,25)/b17-13-. The van der Waals surface area contributed by atoms with Crippen LogP contribution in [0.2, 0.25) is 0 Å². The van der Waals surface area contributed by atoms with Crippen molar-refractivity contribution < 1.29 is 4.79 Å². The number of benzene rings is 1. The number of nitrogens with zero attached hydrogens (tertiary/aromatic N) is 2. The molecule has 0 saturated heterocycles. The van der Waals surface area contributed by atoms with E-state index in [-0.39, 0.29) is 17.5 Å². The summed E-state index contributed by atoms with van der Waals surface area (Å²) in [5, 5.41) is 12.4. The maximum absolute atomic E-state index is 12.4. The summed E-state index contributed by atoms with van der Waals surface area (Å²) >= 11 is 0. The van der Waals surface area contributed by atoms with Crippen molar-refractivity contribution in [1.29, 1.82) is 5.26 Å². The van der Waals surface area contributed by atoms with Gasteiger partial charge < -0.3 is 9.88 Å². The summed E-state index contributed by atoms with van der Waals surface area (Å²) < 4.78 is 1.99. The highest BCUT2D eigenvalue weighted by Gasteiger charge is 2.19. The molecule has 1 fully saturated rings. The summed E-state index contributed by atoms with van der Waals surface area (Å²) in [4.78, 5) is 12.4. The molecule has 0 spiro atoms. The van der Waals surface area contributed by atoms with Crippen LogP contribution in [0.4, 0.5) is 0 Å². The number of nitrogens with one attached hydrogen (secondary N) is 1. The minimum Gasteiger partial charge on any atom is -0.349 e. The molecular formula is C21H23N3O. The Hall–Kier alpha value is -2.80. The molecule has 25 heavy (non-hydrogen) atoms. The van der Waals surface area contributed by atoms with Crippen LogP contribution in [0.3, 0.4) is 0 Å². The molecular weight excluding hydrogens is 310 g/mol. The fourth-order valence-electron chi connectivity index (χ4n) is 3.25. The lowest BCUT2D eigenvalue weighted by atomic mass is 10.1. The van der Waals surface area contributed by atoms with Crippen molar-refractivity contribution >= 4 is 12.0 Å². The predicted octanol–water partition coefficient (Wildman–Crippen LogP) is 4.06. The van der Waals surface area contributed by atoms with Crippen LogP contribution in [-0.4, -0.2) is 16.5 Å². The van der Waals surface area contributed by atoms with Crippen LogP contribution in [0, 0.1) is 25.2 Å². The summed E-state index contributed by atoms with van der Waals surface area (Å²) in [6.45, 7) is 4.16. The zero-order valence-electron chi connectivity index (χ0n) is 14.7. The zero-order chi connectivity index (χ0) is 17.8. The van der Waals surface area contributed by atoms with Gasteiger partial charge in [0.25, 0.3) is 5.91 Å². The maximum atomic E-state index is 12.4. The molecule has 1 aliphatic rings. The first-order valence-corrected chi connectivity index (χ1v) is 8.76. The molecule has 1 aliphatic carbocycles. The van der Waals surface area contributed by atoms with E-state index in [0.717, 1.165) is 37.1 Å². The number of carbonyl (C=O) groups excluding carboxylic acids is 1. The Morgan fingerprint density at radius 1 is 1.24 bits per heavy atom. The number of hydrogen-bond acceptors (Lipinski definition) is 2. The van der Waals surface area contributed by atoms with Gasteiger partial charge in [-0.05, 0) is 68.2 Å². The maximum Gasteiger partial charge on any atom is 0.262 e. The average Bonchev–Trinajstić information content (AvgIpc) is 3.26. The van der Waals surface area contributed by atoms with Gasteiger partial charge in [0.05, 0.1) is 0 Å². The zero-order valence-corrected chi connectivity index (χ0v) is 14.7. The molecule has 1 amide bonds. The first kappa shape index (κ1) is 17.0. The smallest absolute Gasteiger partial charge is 0.262 e. The van der Waals surface area contributed by atoms with Crippen molar-refractivity contribution in [1.82, 2.24) is 9.88 Å². The van der Waals surface area contributed by atoms with E-state index in [1.165, 1.54) is 11.1 Å². The van der Waals surface area contributed by atoms with Crippen LogP contribution in [-0.2, 0) is 4.79 Å². The minimum absolute atomic E-state index is 0.149. The number of nitriles is 1. The molecule has 0 unspecified atom stereocenters. The Morgan fingerprint density at radius 2 is 2.00 bits per heavy atom. The van der Waals surface area contributed by atoms with E-state index in [4.69, 9.17) is 0 Å². The Balaban J connectivity index is 1.87. The molecule has 1 saturated carbocycles. The molecule has 4 heteroatoms. The van der Waals surface area contributed by atoms with Gasteiger partial charge in [-0.25, -0.2) is 0 Å². The molecule has 0 aliphatic heterocycles. The van der Waals surface area contributed by atoms with E-state index in [9.17, 15) is 10.1 Å². The summed E-state index contributed by atoms with van der Waals surface area (Å²) in [6.07, 6.45) is 7.91. The van der Waals surface area contributed by atoms with Crippen LogP contribution in [0.25, 0.3) is 11.8 Å². The monoisotopic (exact) mass is 333 g/mol. The molecule has 128 valence electrons. The van der Waals surface area contributed by atoms with Gasteiger partial charge in [0.15, 0.2) is 0 Å². The van der Waals surface area contributed by atoms with Crippen molar-refractivity contribution in [3.63, 3.8) is 0 Å². The highest BCUT2D eigenvalue weighted by molar-refractivity contribution is 6.01. The second kappa shape index (κ2) is 7.40. The van der Waals surface area contributed by atoms with Gasteiger partial charge in [-0.3, -0.25) is 4.79 Å². The second-order valence-electron chi connectivity index (χ2n) is 6.70. The highest BCUT2D eigenvalue weighted by atomic mass is 16.1. The van der Waals surface area contributed by atoms with Crippen molar-refractivity contribution in [2.24, 2.45) is 0 Å². The number of carbonyl (C=O) groups is 1. The lowest BCUT2D eigenvalue weighted by molar-refractivity contribution is -0.117. The van der Waals surface area contributed by atoms with Crippen molar-refractivity contribution in [3.8, 4) is 11.8 Å². The normalized spacial score (nSPS) is 15.2. The fourth-order valence-corrected chi connectivity index (χ4v) is 3.25. The van der Waals surface area contributed by atoms with E-state index in [1.807, 2.05) is 35.0 Å². The summed E-state index contributed by atoms with van der Waals surface area (Å²) in [7, 11) is 0. The van der Waals surface area contributed by atoms with E-state index in [1.54, 1.807) is 6.08 Å². The van der Waals surface area contributed by atoms with E-state index in [2.05, 4.69) is 31.3 Å². The minimum atomic E-state index is -0.276. The van der Waals surface area contributed by atoms with Gasteiger partial charge in [-0.1, -0.05) is 18.9 Å². The molecule has 0 bridgehead atoms. The molecule has 3 rings (SSSR count). The predicted molar refractivity (Wildman–Crippen MR) is 99.2 cm³/mol. The SMILES string of the molecule is Cc1ccc(-n2cccc2/C=C(/C#N)C(=O)NC2CCCC2)cc1C. The molecule has 0 radical (unpaired) electrons. The van der Waals surface area contributed by atoms with Crippen LogP contribution >= 0.6 is 0 Å².